The number of hydrogen-bond acceptors (Lipinski definition) is 1. The van der Waals surface area contributed by atoms with E-state index in [4.69, 9.17) is 0 Å². The summed E-state index contributed by atoms with van der Waals surface area (Å²) in [5.41, 5.74) is 0. The van der Waals surface area contributed by atoms with E-state index in [2.05, 4.69) is 33.0 Å². The van der Waals surface area contributed by atoms with Gasteiger partial charge in [0, 0.05) is 6.04 Å². The minimum absolute atomic E-state index is 0.715. The van der Waals surface area contributed by atoms with Crippen LogP contribution in [0.2, 0.25) is 0 Å². The van der Waals surface area contributed by atoms with E-state index in [0.29, 0.717) is 6.04 Å². The maximum Gasteiger partial charge on any atom is 0.00694 e. The number of rotatable bonds is 3. The summed E-state index contributed by atoms with van der Waals surface area (Å²) < 4.78 is 0. The van der Waals surface area contributed by atoms with Crippen molar-refractivity contribution in [2.45, 2.75) is 53.0 Å². The molecular formula is C12H25N. The van der Waals surface area contributed by atoms with Gasteiger partial charge in [-0.05, 0) is 44.1 Å². The van der Waals surface area contributed by atoms with Crippen LogP contribution in [0.1, 0.15) is 47.0 Å². The van der Waals surface area contributed by atoms with E-state index in [9.17, 15) is 0 Å². The Labute approximate surface area is 83.3 Å². The molecule has 0 saturated heterocycles. The molecule has 4 unspecified atom stereocenters. The quantitative estimate of drug-likeness (QED) is 0.709. The Bertz CT molecular complexity index is 140. The van der Waals surface area contributed by atoms with Gasteiger partial charge in [0.1, 0.15) is 0 Å². The van der Waals surface area contributed by atoms with Gasteiger partial charge in [-0.3, -0.25) is 0 Å². The molecule has 13 heavy (non-hydrogen) atoms. The molecule has 1 aliphatic carbocycles. The average molecular weight is 183 g/mol. The Kier molecular flexibility index (Phi) is 4.24. The highest BCUT2D eigenvalue weighted by molar-refractivity contribution is 4.82. The summed E-state index contributed by atoms with van der Waals surface area (Å²) >= 11 is 0. The van der Waals surface area contributed by atoms with Crippen molar-refractivity contribution < 1.29 is 0 Å². The van der Waals surface area contributed by atoms with Crippen LogP contribution in [0.4, 0.5) is 0 Å². The largest absolute Gasteiger partial charge is 0.314 e. The van der Waals surface area contributed by atoms with Crippen LogP contribution in [-0.2, 0) is 0 Å². The van der Waals surface area contributed by atoms with Crippen LogP contribution in [0.3, 0.4) is 0 Å². The first-order valence-corrected chi connectivity index (χ1v) is 5.88. The van der Waals surface area contributed by atoms with Crippen LogP contribution in [0.5, 0.6) is 0 Å². The number of hydrogen-bond donors (Lipinski definition) is 1. The summed E-state index contributed by atoms with van der Waals surface area (Å²) in [5.74, 6) is 2.79. The predicted molar refractivity (Wildman–Crippen MR) is 58.8 cm³/mol. The first kappa shape index (κ1) is 11.0. The van der Waals surface area contributed by atoms with Crippen molar-refractivity contribution in [3.63, 3.8) is 0 Å². The monoisotopic (exact) mass is 183 g/mol. The third kappa shape index (κ3) is 2.98. The van der Waals surface area contributed by atoms with Crippen LogP contribution in [0.15, 0.2) is 0 Å². The van der Waals surface area contributed by atoms with E-state index in [1.165, 1.54) is 19.3 Å². The van der Waals surface area contributed by atoms with Crippen LogP contribution in [0.25, 0.3) is 0 Å². The molecule has 0 aliphatic heterocycles. The van der Waals surface area contributed by atoms with Crippen molar-refractivity contribution in [1.29, 1.82) is 0 Å². The van der Waals surface area contributed by atoms with Gasteiger partial charge in [-0.25, -0.2) is 0 Å². The maximum atomic E-state index is 3.56. The molecule has 0 aromatic rings. The van der Waals surface area contributed by atoms with Gasteiger partial charge in [0.05, 0.1) is 0 Å². The maximum absolute atomic E-state index is 3.56. The molecule has 4 atom stereocenters. The minimum atomic E-state index is 0.715. The lowest BCUT2D eigenvalue weighted by Gasteiger charge is -2.36. The standard InChI is InChI=1S/C12H25N/c1-5-13-11(4)12-7-6-9(2)8-10(12)3/h9-13H,5-8H2,1-4H3. The molecule has 0 amide bonds. The molecule has 0 heterocycles. The second-order valence-corrected chi connectivity index (χ2v) is 4.91. The molecule has 0 radical (unpaired) electrons. The van der Waals surface area contributed by atoms with E-state index in [-0.39, 0.29) is 0 Å². The normalized spacial score (nSPS) is 37.4. The lowest BCUT2D eigenvalue weighted by molar-refractivity contribution is 0.167. The average Bonchev–Trinajstić information content (AvgIpc) is 2.04. The van der Waals surface area contributed by atoms with Gasteiger partial charge >= 0.3 is 0 Å². The summed E-state index contributed by atoms with van der Waals surface area (Å²) in [4.78, 5) is 0. The Hall–Kier alpha value is -0.0400. The van der Waals surface area contributed by atoms with E-state index < -0.39 is 0 Å². The van der Waals surface area contributed by atoms with Gasteiger partial charge in [0.15, 0.2) is 0 Å². The highest BCUT2D eigenvalue weighted by Crippen LogP contribution is 2.35. The third-order valence-electron chi connectivity index (χ3n) is 3.67. The second kappa shape index (κ2) is 4.99. The highest BCUT2D eigenvalue weighted by atomic mass is 14.9. The minimum Gasteiger partial charge on any atom is -0.314 e. The fourth-order valence-electron chi connectivity index (χ4n) is 2.90. The van der Waals surface area contributed by atoms with Crippen LogP contribution in [0, 0.1) is 17.8 Å². The zero-order chi connectivity index (χ0) is 9.84. The topological polar surface area (TPSA) is 12.0 Å². The van der Waals surface area contributed by atoms with E-state index in [1.807, 2.05) is 0 Å². The van der Waals surface area contributed by atoms with Gasteiger partial charge in [0.2, 0.25) is 0 Å². The molecule has 1 heteroatoms. The Morgan fingerprint density at radius 1 is 1.31 bits per heavy atom. The molecule has 0 spiro atoms. The van der Waals surface area contributed by atoms with Crippen LogP contribution in [-0.4, -0.2) is 12.6 Å². The van der Waals surface area contributed by atoms with Crippen molar-refractivity contribution in [2.75, 3.05) is 6.54 Å². The molecule has 1 fully saturated rings. The summed E-state index contributed by atoms with van der Waals surface area (Å²) in [5, 5.41) is 3.56. The van der Waals surface area contributed by atoms with Crippen LogP contribution >= 0.6 is 0 Å². The van der Waals surface area contributed by atoms with Gasteiger partial charge in [-0.15, -0.1) is 0 Å². The Morgan fingerprint density at radius 3 is 2.54 bits per heavy atom. The zero-order valence-electron chi connectivity index (χ0n) is 9.64. The molecule has 0 aromatic carbocycles. The van der Waals surface area contributed by atoms with Crippen molar-refractivity contribution in [3.8, 4) is 0 Å². The summed E-state index contributed by atoms with van der Waals surface area (Å²) in [7, 11) is 0. The Balaban J connectivity index is 2.40. The van der Waals surface area contributed by atoms with Gasteiger partial charge < -0.3 is 5.32 Å². The van der Waals surface area contributed by atoms with Gasteiger partial charge in [-0.2, -0.15) is 0 Å². The summed E-state index contributed by atoms with van der Waals surface area (Å²) in [6, 6.07) is 0.715. The summed E-state index contributed by atoms with van der Waals surface area (Å²) in [6.45, 7) is 10.5. The number of nitrogens with one attached hydrogen (secondary N) is 1. The summed E-state index contributed by atoms with van der Waals surface area (Å²) in [6.07, 6.45) is 4.29. The second-order valence-electron chi connectivity index (χ2n) is 4.91. The van der Waals surface area contributed by atoms with Crippen LogP contribution < -0.4 is 5.32 Å². The van der Waals surface area contributed by atoms with E-state index in [1.54, 1.807) is 0 Å². The molecule has 0 bridgehead atoms. The molecule has 1 aliphatic rings. The lowest BCUT2D eigenvalue weighted by atomic mass is 9.73. The molecule has 1 N–H and O–H groups in total. The molecule has 0 aromatic heterocycles. The van der Waals surface area contributed by atoms with Crippen molar-refractivity contribution in [1.82, 2.24) is 5.32 Å². The van der Waals surface area contributed by atoms with Crippen molar-refractivity contribution in [2.24, 2.45) is 17.8 Å². The van der Waals surface area contributed by atoms with Gasteiger partial charge in [0.25, 0.3) is 0 Å². The molecule has 1 rings (SSSR count). The first-order valence-electron chi connectivity index (χ1n) is 5.88. The highest BCUT2D eigenvalue weighted by Gasteiger charge is 2.28. The third-order valence-corrected chi connectivity index (χ3v) is 3.67. The Morgan fingerprint density at radius 2 is 2.00 bits per heavy atom. The molecule has 78 valence electrons. The predicted octanol–water partition coefficient (Wildman–Crippen LogP) is 3.06. The fourth-order valence-corrected chi connectivity index (χ4v) is 2.90. The van der Waals surface area contributed by atoms with Crippen molar-refractivity contribution >= 4 is 0 Å². The smallest absolute Gasteiger partial charge is 0.00694 e. The van der Waals surface area contributed by atoms with Gasteiger partial charge in [-0.1, -0.05) is 27.2 Å². The molecule has 1 nitrogen and oxygen atoms in total. The lowest BCUT2D eigenvalue weighted by Crippen LogP contribution is -2.39. The van der Waals surface area contributed by atoms with E-state index in [0.717, 1.165) is 24.3 Å². The molecule has 1 saturated carbocycles. The van der Waals surface area contributed by atoms with E-state index >= 15 is 0 Å². The molecular weight excluding hydrogens is 158 g/mol. The fraction of sp³-hybridized carbons (Fsp3) is 1.00. The first-order chi connectivity index (χ1) is 6.15. The van der Waals surface area contributed by atoms with Crippen molar-refractivity contribution in [3.05, 3.63) is 0 Å². The zero-order valence-corrected chi connectivity index (χ0v) is 9.64. The SMILES string of the molecule is CCNC(C)C1CCC(C)CC1C.